The topological polar surface area (TPSA) is 29.1 Å². The van der Waals surface area contributed by atoms with Crippen molar-refractivity contribution in [1.82, 2.24) is 0 Å². The molecule has 26 heavy (non-hydrogen) atoms. The van der Waals surface area contributed by atoms with Crippen LogP contribution in [0.1, 0.15) is 10.4 Å². The first-order valence-corrected chi connectivity index (χ1v) is 8.29. The van der Waals surface area contributed by atoms with E-state index in [9.17, 15) is 35.5 Å². The number of rotatable bonds is 3. The first kappa shape index (κ1) is 20.8. The van der Waals surface area contributed by atoms with Crippen LogP contribution in [0.15, 0.2) is 27.6 Å². The molecule has 1 N–H and O–H groups in total. The summed E-state index contributed by atoms with van der Waals surface area (Å²) in [6, 6.07) is 2.76. The summed E-state index contributed by atoms with van der Waals surface area (Å²) in [7, 11) is 0. The maximum Gasteiger partial charge on any atom is 0.446 e. The number of alkyl halides is 3. The number of hydrogen-bond acceptors (Lipinski definition) is 2. The van der Waals surface area contributed by atoms with E-state index in [0.717, 1.165) is 18.2 Å². The minimum atomic E-state index is -4.60. The van der Waals surface area contributed by atoms with Crippen molar-refractivity contribution in [2.45, 2.75) is 10.4 Å². The number of thioether (sulfide) groups is 1. The van der Waals surface area contributed by atoms with Crippen molar-refractivity contribution < 1.29 is 35.5 Å². The molecule has 0 atom stereocenters. The van der Waals surface area contributed by atoms with Crippen molar-refractivity contribution in [1.29, 1.82) is 0 Å². The van der Waals surface area contributed by atoms with E-state index in [1.165, 1.54) is 0 Å². The molecule has 2 rings (SSSR count). The lowest BCUT2D eigenvalue weighted by Crippen LogP contribution is -2.18. The molecule has 0 unspecified atom stereocenters. The van der Waals surface area contributed by atoms with Crippen molar-refractivity contribution in [2.24, 2.45) is 0 Å². The highest BCUT2D eigenvalue weighted by molar-refractivity contribution is 9.10. The van der Waals surface area contributed by atoms with Crippen molar-refractivity contribution in [3.8, 4) is 0 Å². The van der Waals surface area contributed by atoms with E-state index >= 15 is 0 Å². The lowest BCUT2D eigenvalue weighted by atomic mass is 10.1. The Morgan fingerprint density at radius 2 is 1.58 bits per heavy atom. The SMILES string of the molecule is O=C(Nc1ccc(SC(F)(F)F)c(Cl)c1)c1c(F)c(F)c(Br)c(F)c1F. The zero-order valence-electron chi connectivity index (χ0n) is 12.0. The lowest BCUT2D eigenvalue weighted by Gasteiger charge is -2.12. The quantitative estimate of drug-likeness (QED) is 0.233. The van der Waals surface area contributed by atoms with Gasteiger partial charge in [0.05, 0.1) is 9.50 Å². The molecule has 0 aliphatic heterocycles. The molecule has 0 aromatic heterocycles. The Morgan fingerprint density at radius 1 is 1.04 bits per heavy atom. The van der Waals surface area contributed by atoms with Gasteiger partial charge < -0.3 is 5.32 Å². The van der Waals surface area contributed by atoms with E-state index in [0.29, 0.717) is 0 Å². The second-order valence-corrected chi connectivity index (χ2v) is 6.90. The Hall–Kier alpha value is -1.46. The number of benzene rings is 2. The van der Waals surface area contributed by atoms with Gasteiger partial charge in [-0.2, -0.15) is 13.2 Å². The number of anilines is 1. The van der Waals surface area contributed by atoms with Gasteiger partial charge in [-0.3, -0.25) is 4.79 Å². The van der Waals surface area contributed by atoms with E-state index < -0.39 is 61.5 Å². The molecule has 0 radical (unpaired) electrons. The Labute approximate surface area is 158 Å². The molecule has 0 aliphatic rings. The van der Waals surface area contributed by atoms with Crippen LogP contribution in [0, 0.1) is 23.3 Å². The summed E-state index contributed by atoms with van der Waals surface area (Å²) in [5.41, 5.74) is -6.38. The van der Waals surface area contributed by atoms with E-state index in [1.54, 1.807) is 0 Å². The third-order valence-electron chi connectivity index (χ3n) is 2.85. The van der Waals surface area contributed by atoms with Gasteiger partial charge in [0.1, 0.15) is 5.56 Å². The molecule has 0 aliphatic carbocycles. The van der Waals surface area contributed by atoms with Crippen LogP contribution >= 0.6 is 39.3 Å². The van der Waals surface area contributed by atoms with Crippen LogP contribution in [0.25, 0.3) is 0 Å². The van der Waals surface area contributed by atoms with Crippen LogP contribution in [-0.4, -0.2) is 11.4 Å². The van der Waals surface area contributed by atoms with E-state index in [2.05, 4.69) is 15.9 Å². The Morgan fingerprint density at radius 3 is 2.04 bits per heavy atom. The zero-order valence-corrected chi connectivity index (χ0v) is 15.1. The molecule has 2 aromatic rings. The zero-order chi connectivity index (χ0) is 19.8. The molecule has 1 amide bonds. The van der Waals surface area contributed by atoms with Gasteiger partial charge in [-0.25, -0.2) is 17.6 Å². The number of hydrogen-bond donors (Lipinski definition) is 1. The predicted octanol–water partition coefficient (Wildman–Crippen LogP) is 6.52. The summed E-state index contributed by atoms with van der Waals surface area (Å²) in [6.45, 7) is 0. The predicted molar refractivity (Wildman–Crippen MR) is 85.3 cm³/mol. The highest BCUT2D eigenvalue weighted by Gasteiger charge is 2.31. The molecule has 0 saturated carbocycles. The molecule has 0 spiro atoms. The minimum Gasteiger partial charge on any atom is -0.322 e. The molecule has 0 saturated heterocycles. The van der Waals surface area contributed by atoms with Gasteiger partial charge in [0.15, 0.2) is 23.3 Å². The fraction of sp³-hybridized carbons (Fsp3) is 0.0714. The molecule has 0 fully saturated rings. The van der Waals surface area contributed by atoms with E-state index in [1.807, 2.05) is 5.32 Å². The average Bonchev–Trinajstić information content (AvgIpc) is 2.53. The van der Waals surface area contributed by atoms with Crippen molar-refractivity contribution >= 4 is 50.9 Å². The Kier molecular flexibility index (Phi) is 6.13. The van der Waals surface area contributed by atoms with Gasteiger partial charge in [0, 0.05) is 10.6 Å². The highest BCUT2D eigenvalue weighted by Crippen LogP contribution is 2.41. The second-order valence-electron chi connectivity index (χ2n) is 4.59. The smallest absolute Gasteiger partial charge is 0.322 e. The van der Waals surface area contributed by atoms with E-state index in [4.69, 9.17) is 11.6 Å². The molecule has 140 valence electrons. The van der Waals surface area contributed by atoms with Gasteiger partial charge in [-0.1, -0.05) is 11.6 Å². The summed E-state index contributed by atoms with van der Waals surface area (Å²) < 4.78 is 90.3. The summed E-state index contributed by atoms with van der Waals surface area (Å²) in [6.07, 6.45) is 0. The largest absolute Gasteiger partial charge is 0.446 e. The summed E-state index contributed by atoms with van der Waals surface area (Å²) >= 11 is 7.44. The lowest BCUT2D eigenvalue weighted by molar-refractivity contribution is -0.0328. The Bertz CT molecular complexity index is 862. The van der Waals surface area contributed by atoms with Gasteiger partial charge in [-0.15, -0.1) is 0 Å². The standard InChI is InChI=1S/C14H4BrClF7NOS/c15-8-11(19)9(17)7(10(18)12(8)20)13(25)24-4-1-2-6(5(16)3-4)26-14(21,22)23/h1-3H,(H,24,25). The number of carbonyl (C=O) groups excluding carboxylic acids is 1. The molecular weight excluding hydrogens is 479 g/mol. The molecule has 2 aromatic carbocycles. The van der Waals surface area contributed by atoms with Crippen LogP contribution < -0.4 is 5.32 Å². The van der Waals surface area contributed by atoms with Gasteiger partial charge in [-0.05, 0) is 45.9 Å². The summed E-state index contributed by atoms with van der Waals surface area (Å²) in [5, 5.41) is 1.50. The fourth-order valence-electron chi connectivity index (χ4n) is 1.78. The third kappa shape index (κ3) is 4.44. The highest BCUT2D eigenvalue weighted by atomic mass is 79.9. The minimum absolute atomic E-state index is 0.242. The Balaban J connectivity index is 2.33. The number of halogens is 9. The fourth-order valence-corrected chi connectivity index (χ4v) is 2.97. The van der Waals surface area contributed by atoms with Gasteiger partial charge in [0.2, 0.25) is 0 Å². The molecule has 2 nitrogen and oxygen atoms in total. The van der Waals surface area contributed by atoms with Crippen molar-refractivity contribution in [2.75, 3.05) is 5.32 Å². The monoisotopic (exact) mass is 481 g/mol. The third-order valence-corrected chi connectivity index (χ3v) is 4.78. The van der Waals surface area contributed by atoms with E-state index in [-0.39, 0.29) is 10.6 Å². The maximum absolute atomic E-state index is 13.8. The van der Waals surface area contributed by atoms with Gasteiger partial charge >= 0.3 is 5.51 Å². The summed E-state index contributed by atoms with van der Waals surface area (Å²) in [5.74, 6) is -9.07. The average molecular weight is 483 g/mol. The summed E-state index contributed by atoms with van der Waals surface area (Å²) in [4.78, 5) is 11.5. The molecule has 12 heteroatoms. The van der Waals surface area contributed by atoms with Crippen LogP contribution in [0.5, 0.6) is 0 Å². The van der Waals surface area contributed by atoms with Crippen molar-refractivity contribution in [3.63, 3.8) is 0 Å². The van der Waals surface area contributed by atoms with Gasteiger partial charge in [0.25, 0.3) is 5.91 Å². The van der Waals surface area contributed by atoms with Crippen LogP contribution in [0.2, 0.25) is 5.02 Å². The first-order valence-electron chi connectivity index (χ1n) is 6.30. The molecule has 0 bridgehead atoms. The second kappa shape index (κ2) is 7.65. The number of amides is 1. The number of carbonyl (C=O) groups is 1. The van der Waals surface area contributed by atoms with Crippen LogP contribution in [0.4, 0.5) is 36.4 Å². The normalized spacial score (nSPS) is 11.6. The first-order chi connectivity index (χ1) is 11.9. The molecule has 0 heterocycles. The number of nitrogens with one attached hydrogen (secondary N) is 1. The van der Waals surface area contributed by atoms with Crippen LogP contribution in [0.3, 0.4) is 0 Å². The van der Waals surface area contributed by atoms with Crippen molar-refractivity contribution in [3.05, 3.63) is 56.5 Å². The van der Waals surface area contributed by atoms with Crippen LogP contribution in [-0.2, 0) is 0 Å². The maximum atomic E-state index is 13.8. The molecular formula is C14H4BrClF7NOS.